The number of fused-ring (bicyclic) bond motifs is 11. The molecule has 0 N–H and O–H groups in total. The average Bonchev–Trinajstić information content (AvgIpc) is 3.62. The molecule has 0 radical (unpaired) electrons. The first-order valence-electron chi connectivity index (χ1n) is 25.4. The van der Waals surface area contributed by atoms with E-state index in [4.69, 9.17) is 0 Å². The summed E-state index contributed by atoms with van der Waals surface area (Å²) in [6.45, 7) is 45.8. The molecule has 7 aliphatic rings. The van der Waals surface area contributed by atoms with Crippen LogP contribution < -0.4 is 20.7 Å². The van der Waals surface area contributed by atoms with E-state index < -0.39 is 0 Å². The predicted octanol–water partition coefficient (Wildman–Crippen LogP) is 15.0. The molecule has 0 aromatic heterocycles. The number of aryl methyl sites for hydroxylation is 1. The van der Waals surface area contributed by atoms with Crippen molar-refractivity contribution in [2.24, 2.45) is 16.7 Å². The molecule has 4 aromatic rings. The van der Waals surface area contributed by atoms with Gasteiger partial charge in [0.15, 0.2) is 0 Å². The molecule has 4 heterocycles. The minimum absolute atomic E-state index is 0.0405. The molecule has 4 aliphatic heterocycles. The van der Waals surface area contributed by atoms with Gasteiger partial charge in [0.2, 0.25) is 6.71 Å². The van der Waals surface area contributed by atoms with Gasteiger partial charge in [0.1, 0.15) is 0 Å². The lowest BCUT2D eigenvalue weighted by atomic mass is 9.32. The zero-order valence-electron chi connectivity index (χ0n) is 43.1. The van der Waals surface area contributed by atoms with Gasteiger partial charge in [-0.05, 0) is 169 Å². The summed E-state index contributed by atoms with van der Waals surface area (Å²) in [4.78, 5) is 5.88. The minimum Gasteiger partial charge on any atom is -0.338 e. The number of hydrogen-bond donors (Lipinski definition) is 0. The summed E-state index contributed by atoms with van der Waals surface area (Å²) in [7, 11) is 0. The zero-order chi connectivity index (χ0) is 46.0. The SMILES string of the molecule is Cc1cc2c(c3c1N1c4cc(C(C)(C)C)cc5c4B(c4ccc6c(c41)C3(C)CCC6(C)C)C1SC3C(C1N5c1ccc(C(C)(C)C)cc1)C(C)(C)CCC3(C)C)C(C)(C)CCC2(C)C. The van der Waals surface area contributed by atoms with Crippen molar-refractivity contribution in [3.8, 4) is 0 Å². The number of thioether (sulfide) groups is 1. The molecule has 4 heteroatoms. The Kier molecular flexibility index (Phi) is 8.76. The summed E-state index contributed by atoms with van der Waals surface area (Å²) in [6.07, 6.45) is 7.42. The van der Waals surface area contributed by atoms with E-state index >= 15 is 0 Å². The van der Waals surface area contributed by atoms with Gasteiger partial charge in [-0.15, -0.1) is 0 Å². The Morgan fingerprint density at radius 3 is 1.83 bits per heavy atom. The van der Waals surface area contributed by atoms with Crippen molar-refractivity contribution < 1.29 is 0 Å². The fourth-order valence-electron chi connectivity index (χ4n) is 15.0. The molecule has 338 valence electrons. The highest BCUT2D eigenvalue weighted by Crippen LogP contribution is 2.68. The molecule has 11 rings (SSSR count). The van der Waals surface area contributed by atoms with Crippen LogP contribution >= 0.6 is 11.8 Å². The first-order chi connectivity index (χ1) is 29.5. The third-order valence-corrected chi connectivity index (χ3v) is 21.3. The van der Waals surface area contributed by atoms with Crippen molar-refractivity contribution in [2.75, 3.05) is 9.80 Å². The Balaban J connectivity index is 1.30. The van der Waals surface area contributed by atoms with Crippen LogP contribution in [0.25, 0.3) is 0 Å². The number of hydrogen-bond acceptors (Lipinski definition) is 3. The van der Waals surface area contributed by atoms with Crippen molar-refractivity contribution in [1.29, 1.82) is 0 Å². The van der Waals surface area contributed by atoms with Crippen LogP contribution in [0.2, 0.25) is 0 Å². The summed E-state index contributed by atoms with van der Waals surface area (Å²) in [5.74, 6) is 0.555. The topological polar surface area (TPSA) is 6.48 Å². The summed E-state index contributed by atoms with van der Waals surface area (Å²) < 4.78 is 0. The van der Waals surface area contributed by atoms with Gasteiger partial charge in [-0.2, -0.15) is 11.8 Å². The normalized spacial score (nSPS) is 29.2. The summed E-state index contributed by atoms with van der Waals surface area (Å²) in [6, 6.07) is 23.7. The molecule has 5 unspecified atom stereocenters. The molecular weight excluding hydrogens is 792 g/mol. The first kappa shape index (κ1) is 43.5. The minimum atomic E-state index is -0.0829. The molecule has 0 bridgehead atoms. The van der Waals surface area contributed by atoms with Crippen LogP contribution in [0.4, 0.5) is 28.4 Å². The van der Waals surface area contributed by atoms with Crippen LogP contribution in [0.1, 0.15) is 201 Å². The molecule has 2 fully saturated rings. The second-order valence-electron chi connectivity index (χ2n) is 27.9. The largest absolute Gasteiger partial charge is 0.338 e. The van der Waals surface area contributed by atoms with E-state index in [-0.39, 0.29) is 43.3 Å². The van der Waals surface area contributed by atoms with E-state index in [1.165, 1.54) is 78.0 Å². The lowest BCUT2D eigenvalue weighted by Gasteiger charge is -2.58. The van der Waals surface area contributed by atoms with Crippen LogP contribution in [-0.2, 0) is 32.5 Å². The van der Waals surface area contributed by atoms with Crippen LogP contribution in [0.3, 0.4) is 0 Å². The van der Waals surface area contributed by atoms with Crippen LogP contribution in [0, 0.1) is 23.7 Å². The molecule has 3 aliphatic carbocycles. The predicted molar refractivity (Wildman–Crippen MR) is 280 cm³/mol. The lowest BCUT2D eigenvalue weighted by molar-refractivity contribution is 0.0580. The summed E-state index contributed by atoms with van der Waals surface area (Å²) >= 11 is 2.41. The van der Waals surface area contributed by atoms with Gasteiger partial charge in [-0.3, -0.25) is 0 Å². The van der Waals surface area contributed by atoms with Gasteiger partial charge in [0.05, 0.1) is 5.69 Å². The zero-order valence-corrected chi connectivity index (χ0v) is 43.9. The fourth-order valence-corrected chi connectivity index (χ4v) is 17.5. The van der Waals surface area contributed by atoms with E-state index in [0.717, 1.165) is 0 Å². The summed E-state index contributed by atoms with van der Waals surface area (Å²) in [5, 5.41) is 1.00. The Bertz CT molecular complexity index is 2660. The van der Waals surface area contributed by atoms with Gasteiger partial charge >= 0.3 is 0 Å². The monoisotopic (exact) mass is 871 g/mol. The summed E-state index contributed by atoms with van der Waals surface area (Å²) in [5.41, 5.74) is 23.8. The molecule has 64 heavy (non-hydrogen) atoms. The van der Waals surface area contributed by atoms with Gasteiger partial charge in [-0.25, -0.2) is 0 Å². The van der Waals surface area contributed by atoms with Crippen molar-refractivity contribution >= 4 is 57.8 Å². The van der Waals surface area contributed by atoms with Crippen molar-refractivity contribution in [1.82, 2.24) is 0 Å². The van der Waals surface area contributed by atoms with Gasteiger partial charge in [0.25, 0.3) is 0 Å². The van der Waals surface area contributed by atoms with Gasteiger partial charge < -0.3 is 9.80 Å². The van der Waals surface area contributed by atoms with E-state index in [1.54, 1.807) is 44.4 Å². The maximum absolute atomic E-state index is 2.95. The number of benzene rings is 4. The third kappa shape index (κ3) is 5.65. The van der Waals surface area contributed by atoms with Crippen molar-refractivity contribution in [2.45, 2.75) is 212 Å². The molecule has 0 spiro atoms. The molecule has 4 aromatic carbocycles. The van der Waals surface area contributed by atoms with E-state index in [2.05, 4.69) is 201 Å². The van der Waals surface area contributed by atoms with E-state index in [1.807, 2.05) is 0 Å². The number of nitrogens with zero attached hydrogens (tertiary/aromatic N) is 2. The highest BCUT2D eigenvalue weighted by Gasteiger charge is 2.66. The van der Waals surface area contributed by atoms with Crippen LogP contribution in [0.5, 0.6) is 0 Å². The molecule has 1 saturated carbocycles. The number of anilines is 5. The van der Waals surface area contributed by atoms with E-state index in [0.29, 0.717) is 29.1 Å². The average molecular weight is 871 g/mol. The highest BCUT2D eigenvalue weighted by atomic mass is 32.2. The smallest absolute Gasteiger partial charge is 0.232 e. The Hall–Kier alpha value is -3.11. The Labute approximate surface area is 393 Å². The van der Waals surface area contributed by atoms with Crippen molar-refractivity contribution in [3.63, 3.8) is 0 Å². The second-order valence-corrected chi connectivity index (χ2v) is 29.2. The maximum Gasteiger partial charge on any atom is 0.232 e. The number of rotatable bonds is 1. The molecule has 0 amide bonds. The van der Waals surface area contributed by atoms with Crippen molar-refractivity contribution in [3.05, 3.63) is 99.1 Å². The highest BCUT2D eigenvalue weighted by molar-refractivity contribution is 8.02. The lowest BCUT2D eigenvalue weighted by Crippen LogP contribution is -2.68. The first-order valence-corrected chi connectivity index (χ1v) is 26.4. The quantitative estimate of drug-likeness (QED) is 0.176. The molecule has 5 atom stereocenters. The third-order valence-electron chi connectivity index (χ3n) is 19.2. The molecule has 2 nitrogen and oxygen atoms in total. The van der Waals surface area contributed by atoms with Gasteiger partial charge in [0, 0.05) is 44.6 Å². The fraction of sp³-hybridized carbons (Fsp3) is 0.600. The standard InChI is InChI=1S/C60H79BN2S/c1-34-31-39-43(57(12,13)26-25-56(39,10)11)45-48(34)63-42-33-36(54(5,6)7)32-41-47(42)61(40-24-23-38-44(49(40)63)60(45,18)30-29-55(38,8)9)52-50(46-51(64-52)59(16,17)28-27-58(46,14)15)62(41)37-21-19-35(20-22-37)53(2,3)4/h19-24,31-33,46,50-52H,25-30H2,1-18H3. The van der Waals surface area contributed by atoms with E-state index in [9.17, 15) is 0 Å². The molecular formula is C60H79BN2S. The van der Waals surface area contributed by atoms with Crippen LogP contribution in [-0.4, -0.2) is 23.2 Å². The molecule has 1 saturated heterocycles. The Morgan fingerprint density at radius 1 is 0.578 bits per heavy atom. The second kappa shape index (κ2) is 12.9. The van der Waals surface area contributed by atoms with Gasteiger partial charge in [-0.1, -0.05) is 148 Å². The Morgan fingerprint density at radius 2 is 1.17 bits per heavy atom. The maximum atomic E-state index is 2.95. The van der Waals surface area contributed by atoms with Crippen LogP contribution in [0.15, 0.2) is 54.6 Å².